The van der Waals surface area contributed by atoms with E-state index >= 15 is 0 Å². The van der Waals surface area contributed by atoms with E-state index < -0.39 is 5.82 Å². The maximum atomic E-state index is 13.1. The van der Waals surface area contributed by atoms with Crippen molar-refractivity contribution in [1.82, 2.24) is 14.9 Å². The lowest BCUT2D eigenvalue weighted by Crippen LogP contribution is -2.21. The molecule has 170 valence electrons. The highest BCUT2D eigenvalue weighted by molar-refractivity contribution is 6.04. The summed E-state index contributed by atoms with van der Waals surface area (Å²) in [5.41, 5.74) is 3.96. The largest absolute Gasteiger partial charge is 0.345 e. The van der Waals surface area contributed by atoms with Gasteiger partial charge < -0.3 is 15.5 Å². The SMILES string of the molecule is CN(C)C(=O)c1ccc(-c2ccc(Nc3cncc(NC(=O)c4ccc(F)cc4)c3)nc2)cc1. The quantitative estimate of drug-likeness (QED) is 0.428. The number of rotatable bonds is 6. The van der Waals surface area contributed by atoms with Crippen LogP contribution in [-0.4, -0.2) is 40.8 Å². The fourth-order valence-corrected chi connectivity index (χ4v) is 3.23. The number of carbonyl (C=O) groups is 2. The van der Waals surface area contributed by atoms with Crippen LogP contribution in [0.4, 0.5) is 21.6 Å². The number of pyridine rings is 2. The van der Waals surface area contributed by atoms with Gasteiger partial charge in [0.05, 0.1) is 23.8 Å². The van der Waals surface area contributed by atoms with Gasteiger partial charge >= 0.3 is 0 Å². The van der Waals surface area contributed by atoms with Crippen LogP contribution in [0.2, 0.25) is 0 Å². The smallest absolute Gasteiger partial charge is 0.255 e. The average molecular weight is 455 g/mol. The van der Waals surface area contributed by atoms with E-state index in [0.29, 0.717) is 28.3 Å². The Balaban J connectivity index is 1.42. The molecule has 0 aliphatic heterocycles. The van der Waals surface area contributed by atoms with Crippen LogP contribution in [0.3, 0.4) is 0 Å². The zero-order chi connectivity index (χ0) is 24.1. The molecule has 0 radical (unpaired) electrons. The van der Waals surface area contributed by atoms with Crippen LogP contribution in [0.25, 0.3) is 11.1 Å². The summed E-state index contributed by atoms with van der Waals surface area (Å²) in [5.74, 6) is -0.208. The van der Waals surface area contributed by atoms with Gasteiger partial charge in [-0.2, -0.15) is 0 Å². The molecule has 0 unspecified atom stereocenters. The summed E-state index contributed by atoms with van der Waals surface area (Å²) < 4.78 is 13.1. The molecule has 0 bridgehead atoms. The first-order valence-electron chi connectivity index (χ1n) is 10.5. The lowest BCUT2D eigenvalue weighted by atomic mass is 10.1. The number of carbonyl (C=O) groups excluding carboxylic acids is 2. The van der Waals surface area contributed by atoms with Gasteiger partial charge in [0, 0.05) is 37.0 Å². The second kappa shape index (κ2) is 9.91. The molecule has 8 heteroatoms. The van der Waals surface area contributed by atoms with Crippen molar-refractivity contribution < 1.29 is 14.0 Å². The van der Waals surface area contributed by atoms with Crippen molar-refractivity contribution in [2.75, 3.05) is 24.7 Å². The fraction of sp³-hybridized carbons (Fsp3) is 0.0769. The van der Waals surface area contributed by atoms with E-state index in [1.54, 1.807) is 44.7 Å². The molecule has 4 aromatic rings. The summed E-state index contributed by atoms with van der Waals surface area (Å²) in [7, 11) is 3.44. The Morgan fingerprint density at radius 3 is 2.09 bits per heavy atom. The maximum Gasteiger partial charge on any atom is 0.255 e. The molecule has 0 aliphatic rings. The highest BCUT2D eigenvalue weighted by Gasteiger charge is 2.09. The summed E-state index contributed by atoms with van der Waals surface area (Å²) in [5, 5.41) is 5.90. The fourth-order valence-electron chi connectivity index (χ4n) is 3.23. The van der Waals surface area contributed by atoms with Crippen molar-refractivity contribution in [3.8, 4) is 11.1 Å². The first kappa shape index (κ1) is 22.6. The molecule has 0 saturated carbocycles. The highest BCUT2D eigenvalue weighted by atomic mass is 19.1. The van der Waals surface area contributed by atoms with Gasteiger partial charge in [-0.05, 0) is 60.2 Å². The Morgan fingerprint density at radius 2 is 1.44 bits per heavy atom. The summed E-state index contributed by atoms with van der Waals surface area (Å²) in [6.07, 6.45) is 4.87. The standard InChI is InChI=1S/C26H22FN5O2/c1-32(2)26(34)19-5-3-17(4-6-19)20-9-12-24(29-14-20)30-22-13-23(16-28-15-22)31-25(33)18-7-10-21(27)11-8-18/h3-16H,1-2H3,(H,29,30)(H,31,33). The van der Waals surface area contributed by atoms with Crippen LogP contribution < -0.4 is 10.6 Å². The van der Waals surface area contributed by atoms with E-state index in [2.05, 4.69) is 20.6 Å². The van der Waals surface area contributed by atoms with Crippen molar-refractivity contribution >= 4 is 29.0 Å². The predicted molar refractivity (Wildman–Crippen MR) is 130 cm³/mol. The molecular weight excluding hydrogens is 433 g/mol. The zero-order valence-corrected chi connectivity index (χ0v) is 18.6. The maximum absolute atomic E-state index is 13.1. The number of nitrogens with zero attached hydrogens (tertiary/aromatic N) is 3. The van der Waals surface area contributed by atoms with Crippen molar-refractivity contribution in [2.45, 2.75) is 0 Å². The molecule has 0 saturated heterocycles. The minimum absolute atomic E-state index is 0.0473. The van der Waals surface area contributed by atoms with Gasteiger partial charge in [-0.25, -0.2) is 9.37 Å². The number of anilines is 3. The van der Waals surface area contributed by atoms with Gasteiger partial charge in [0.2, 0.25) is 0 Å². The van der Waals surface area contributed by atoms with Gasteiger partial charge in [-0.3, -0.25) is 14.6 Å². The predicted octanol–water partition coefficient (Wildman–Crippen LogP) is 4.98. The molecule has 0 atom stereocenters. The summed E-state index contributed by atoms with van der Waals surface area (Å²) >= 11 is 0. The van der Waals surface area contributed by atoms with Gasteiger partial charge in [0.15, 0.2) is 0 Å². The highest BCUT2D eigenvalue weighted by Crippen LogP contribution is 2.23. The topological polar surface area (TPSA) is 87.2 Å². The van der Waals surface area contributed by atoms with E-state index in [1.165, 1.54) is 35.4 Å². The Kier molecular flexibility index (Phi) is 6.59. The third-order valence-electron chi connectivity index (χ3n) is 5.01. The summed E-state index contributed by atoms with van der Waals surface area (Å²) in [4.78, 5) is 34.5. The molecule has 2 aromatic heterocycles. The molecule has 0 spiro atoms. The number of hydrogen-bond acceptors (Lipinski definition) is 5. The first-order valence-corrected chi connectivity index (χ1v) is 10.5. The van der Waals surface area contributed by atoms with Crippen molar-refractivity contribution in [1.29, 1.82) is 0 Å². The molecule has 2 heterocycles. The molecule has 2 N–H and O–H groups in total. The Bertz CT molecular complexity index is 1300. The minimum atomic E-state index is -0.403. The van der Waals surface area contributed by atoms with Crippen molar-refractivity contribution in [3.05, 3.63) is 102 Å². The molecule has 7 nitrogen and oxygen atoms in total. The summed E-state index contributed by atoms with van der Waals surface area (Å²) in [6.45, 7) is 0. The summed E-state index contributed by atoms with van der Waals surface area (Å²) in [6, 6.07) is 18.1. The molecular formula is C26H22FN5O2. The normalized spacial score (nSPS) is 10.4. The number of benzene rings is 2. The molecule has 2 amide bonds. The molecule has 2 aromatic carbocycles. The van der Waals surface area contributed by atoms with E-state index in [9.17, 15) is 14.0 Å². The number of amides is 2. The molecule has 4 rings (SSSR count). The van der Waals surface area contributed by atoms with Crippen LogP contribution >= 0.6 is 0 Å². The minimum Gasteiger partial charge on any atom is -0.345 e. The Labute approximate surface area is 196 Å². The number of hydrogen-bond donors (Lipinski definition) is 2. The molecule has 0 aliphatic carbocycles. The van der Waals surface area contributed by atoms with Crippen molar-refractivity contribution in [2.24, 2.45) is 0 Å². The van der Waals surface area contributed by atoms with E-state index in [0.717, 1.165) is 11.1 Å². The second-order valence-electron chi connectivity index (χ2n) is 7.76. The van der Waals surface area contributed by atoms with Crippen LogP contribution in [0.15, 0.2) is 85.3 Å². The second-order valence-corrected chi connectivity index (χ2v) is 7.76. The Hall–Kier alpha value is -4.59. The van der Waals surface area contributed by atoms with Crippen LogP contribution in [0, 0.1) is 5.82 Å². The van der Waals surface area contributed by atoms with Crippen LogP contribution in [0.5, 0.6) is 0 Å². The van der Waals surface area contributed by atoms with Crippen molar-refractivity contribution in [3.63, 3.8) is 0 Å². The molecule has 0 fully saturated rings. The lowest BCUT2D eigenvalue weighted by molar-refractivity contribution is 0.0827. The lowest BCUT2D eigenvalue weighted by Gasteiger charge is -2.11. The third-order valence-corrected chi connectivity index (χ3v) is 5.01. The van der Waals surface area contributed by atoms with Crippen LogP contribution in [0.1, 0.15) is 20.7 Å². The van der Waals surface area contributed by atoms with Gasteiger partial charge in [0.25, 0.3) is 11.8 Å². The Morgan fingerprint density at radius 1 is 0.794 bits per heavy atom. The number of halogens is 1. The van der Waals surface area contributed by atoms with Gasteiger partial charge in [-0.1, -0.05) is 12.1 Å². The number of nitrogens with one attached hydrogen (secondary N) is 2. The third kappa shape index (κ3) is 5.42. The van der Waals surface area contributed by atoms with Crippen LogP contribution in [-0.2, 0) is 0 Å². The van der Waals surface area contributed by atoms with E-state index in [1.807, 2.05) is 24.3 Å². The van der Waals surface area contributed by atoms with E-state index in [4.69, 9.17) is 0 Å². The average Bonchev–Trinajstić information content (AvgIpc) is 2.85. The molecule has 34 heavy (non-hydrogen) atoms. The zero-order valence-electron chi connectivity index (χ0n) is 18.6. The number of aromatic nitrogens is 2. The van der Waals surface area contributed by atoms with E-state index in [-0.39, 0.29) is 11.8 Å². The van der Waals surface area contributed by atoms with Gasteiger partial charge in [0.1, 0.15) is 11.6 Å². The monoisotopic (exact) mass is 455 g/mol. The van der Waals surface area contributed by atoms with Gasteiger partial charge in [-0.15, -0.1) is 0 Å². The first-order chi connectivity index (χ1) is 16.4.